The van der Waals surface area contributed by atoms with Crippen molar-refractivity contribution in [3.63, 3.8) is 0 Å². The van der Waals surface area contributed by atoms with Gasteiger partial charge in [0, 0.05) is 37.3 Å². The molecule has 9 heteroatoms. The SMILES string of the molecule is CC1CC(C)(C)N2C(=O)C(Cl)(Cl)c3cc(S(=O)(=O)N4CCN(C)CC4)cc1c32. The molecule has 0 aromatic heterocycles. The zero-order chi connectivity index (χ0) is 20.6. The molecule has 3 aliphatic rings. The standard InChI is InChI=1S/C19H25Cl2N3O3S/c1-12-11-18(2,3)24-16-14(12)9-13(10-15(16)19(20,21)17(24)25)28(26,27)23-7-5-22(4)6-8-23/h9-10,12H,5-8,11H2,1-4H3. The minimum atomic E-state index is -3.69. The Balaban J connectivity index is 1.88. The maximum Gasteiger partial charge on any atom is 0.268 e. The summed E-state index contributed by atoms with van der Waals surface area (Å²) < 4.78 is 26.3. The second-order valence-electron chi connectivity index (χ2n) is 8.75. The van der Waals surface area contributed by atoms with E-state index in [0.29, 0.717) is 43.9 Å². The third kappa shape index (κ3) is 2.82. The number of hydrogen-bond donors (Lipinski definition) is 0. The van der Waals surface area contributed by atoms with Gasteiger partial charge in [0.2, 0.25) is 14.4 Å². The van der Waals surface area contributed by atoms with E-state index in [-0.39, 0.29) is 10.8 Å². The van der Waals surface area contributed by atoms with Crippen LogP contribution in [0.3, 0.4) is 0 Å². The molecule has 1 fully saturated rings. The van der Waals surface area contributed by atoms with Crippen LogP contribution in [0.25, 0.3) is 0 Å². The van der Waals surface area contributed by atoms with Crippen molar-refractivity contribution in [3.05, 3.63) is 23.3 Å². The largest absolute Gasteiger partial charge is 0.304 e. The van der Waals surface area contributed by atoms with E-state index in [1.165, 1.54) is 10.4 Å². The number of hydrogen-bond acceptors (Lipinski definition) is 4. The molecule has 3 aliphatic heterocycles. The van der Waals surface area contributed by atoms with Gasteiger partial charge < -0.3 is 9.80 Å². The van der Waals surface area contributed by atoms with Crippen LogP contribution in [0.1, 0.15) is 44.2 Å². The lowest BCUT2D eigenvalue weighted by Crippen LogP contribution is -2.51. The highest BCUT2D eigenvalue weighted by Gasteiger charge is 2.56. The lowest BCUT2D eigenvalue weighted by molar-refractivity contribution is -0.119. The van der Waals surface area contributed by atoms with Gasteiger partial charge in [-0.15, -0.1) is 0 Å². The van der Waals surface area contributed by atoms with Gasteiger partial charge in [-0.1, -0.05) is 30.1 Å². The summed E-state index contributed by atoms with van der Waals surface area (Å²) in [5, 5.41) is 0. The lowest BCUT2D eigenvalue weighted by Gasteiger charge is -2.44. The molecule has 1 saturated heterocycles. The van der Waals surface area contributed by atoms with E-state index in [1.807, 2.05) is 27.8 Å². The van der Waals surface area contributed by atoms with Gasteiger partial charge in [-0.2, -0.15) is 4.31 Å². The van der Waals surface area contributed by atoms with Gasteiger partial charge in [0.15, 0.2) is 0 Å². The molecular formula is C19H25Cl2N3O3S. The first-order chi connectivity index (χ1) is 12.9. The van der Waals surface area contributed by atoms with E-state index < -0.39 is 25.8 Å². The van der Waals surface area contributed by atoms with Crippen molar-refractivity contribution in [2.75, 3.05) is 38.1 Å². The molecule has 1 amide bonds. The average molecular weight is 446 g/mol. The number of amides is 1. The molecule has 154 valence electrons. The fourth-order valence-electron chi connectivity index (χ4n) is 4.71. The van der Waals surface area contributed by atoms with Crippen molar-refractivity contribution in [2.24, 2.45) is 0 Å². The number of nitrogens with zero attached hydrogens (tertiary/aromatic N) is 3. The highest BCUT2D eigenvalue weighted by atomic mass is 35.5. The third-order valence-electron chi connectivity index (χ3n) is 6.19. The highest BCUT2D eigenvalue weighted by Crippen LogP contribution is 2.57. The molecule has 1 aromatic rings. The van der Waals surface area contributed by atoms with Gasteiger partial charge in [0.05, 0.1) is 10.6 Å². The van der Waals surface area contributed by atoms with E-state index in [1.54, 1.807) is 11.0 Å². The fourth-order valence-corrected chi connectivity index (χ4v) is 6.65. The number of anilines is 1. The second kappa shape index (κ2) is 6.32. The van der Waals surface area contributed by atoms with Crippen LogP contribution in [-0.4, -0.2) is 62.3 Å². The number of benzene rings is 1. The molecule has 6 nitrogen and oxygen atoms in total. The monoisotopic (exact) mass is 445 g/mol. The summed E-state index contributed by atoms with van der Waals surface area (Å²) in [6, 6.07) is 3.21. The Bertz CT molecular complexity index is 953. The lowest BCUT2D eigenvalue weighted by atomic mass is 9.80. The summed E-state index contributed by atoms with van der Waals surface area (Å²) in [5.74, 6) is -0.323. The van der Waals surface area contributed by atoms with Crippen LogP contribution in [0.5, 0.6) is 0 Å². The van der Waals surface area contributed by atoms with E-state index >= 15 is 0 Å². The number of carbonyl (C=O) groups excluding carboxylic acids is 1. The van der Waals surface area contributed by atoms with Crippen LogP contribution >= 0.6 is 23.2 Å². The van der Waals surface area contributed by atoms with Crippen LogP contribution in [-0.2, 0) is 19.2 Å². The maximum absolute atomic E-state index is 13.3. The van der Waals surface area contributed by atoms with Gasteiger partial charge in [-0.3, -0.25) is 4.79 Å². The molecule has 1 unspecified atom stereocenters. The number of halogens is 2. The minimum Gasteiger partial charge on any atom is -0.304 e. The summed E-state index contributed by atoms with van der Waals surface area (Å²) >= 11 is 13.0. The number of rotatable bonds is 2. The topological polar surface area (TPSA) is 60.9 Å². The summed E-state index contributed by atoms with van der Waals surface area (Å²) in [4.78, 5) is 16.9. The normalized spacial score (nSPS) is 27.1. The van der Waals surface area contributed by atoms with Crippen molar-refractivity contribution >= 4 is 44.8 Å². The summed E-state index contributed by atoms with van der Waals surface area (Å²) in [5.41, 5.74) is 1.43. The summed E-state index contributed by atoms with van der Waals surface area (Å²) in [6.07, 6.45) is 0.701. The first kappa shape index (κ1) is 20.4. The molecule has 28 heavy (non-hydrogen) atoms. The Morgan fingerprint density at radius 3 is 2.32 bits per heavy atom. The molecule has 1 atom stereocenters. The Morgan fingerprint density at radius 2 is 1.71 bits per heavy atom. The zero-order valence-electron chi connectivity index (χ0n) is 16.5. The average Bonchev–Trinajstić information content (AvgIpc) is 2.80. The van der Waals surface area contributed by atoms with E-state index in [9.17, 15) is 13.2 Å². The predicted octanol–water partition coefficient (Wildman–Crippen LogP) is 2.89. The number of piperazine rings is 1. The van der Waals surface area contributed by atoms with Crippen LogP contribution in [0.4, 0.5) is 5.69 Å². The Labute approximate surface area is 176 Å². The van der Waals surface area contributed by atoms with Gasteiger partial charge in [-0.05, 0) is 50.9 Å². The molecule has 0 saturated carbocycles. The molecule has 0 radical (unpaired) electrons. The summed E-state index contributed by atoms with van der Waals surface area (Å²) in [7, 11) is -1.72. The first-order valence-electron chi connectivity index (χ1n) is 9.47. The Morgan fingerprint density at radius 1 is 1.11 bits per heavy atom. The quantitative estimate of drug-likeness (QED) is 0.656. The molecule has 4 rings (SSSR count). The number of likely N-dealkylation sites (N-methyl/N-ethyl adjacent to an activating group) is 1. The van der Waals surface area contributed by atoms with Crippen LogP contribution in [0, 0.1) is 0 Å². The molecule has 3 heterocycles. The number of sulfonamides is 1. The van der Waals surface area contributed by atoms with Crippen molar-refractivity contribution in [1.82, 2.24) is 9.21 Å². The van der Waals surface area contributed by atoms with Crippen molar-refractivity contribution in [3.8, 4) is 0 Å². The third-order valence-corrected chi connectivity index (χ3v) is 8.80. The van der Waals surface area contributed by atoms with Gasteiger partial charge in [0.25, 0.3) is 5.91 Å². The van der Waals surface area contributed by atoms with Gasteiger partial charge >= 0.3 is 0 Å². The Kier molecular flexibility index (Phi) is 4.61. The van der Waals surface area contributed by atoms with Gasteiger partial charge in [-0.25, -0.2) is 8.42 Å². The minimum absolute atomic E-state index is 0.0812. The maximum atomic E-state index is 13.3. The first-order valence-corrected chi connectivity index (χ1v) is 11.7. The second-order valence-corrected chi connectivity index (χ2v) is 12.0. The van der Waals surface area contributed by atoms with E-state index in [2.05, 4.69) is 4.90 Å². The Hall–Kier alpha value is -0.860. The predicted molar refractivity (Wildman–Crippen MR) is 111 cm³/mol. The van der Waals surface area contributed by atoms with E-state index in [0.717, 1.165) is 5.56 Å². The number of carbonyl (C=O) groups is 1. The zero-order valence-corrected chi connectivity index (χ0v) is 18.8. The molecule has 0 aliphatic carbocycles. The molecule has 0 bridgehead atoms. The van der Waals surface area contributed by atoms with Crippen molar-refractivity contribution in [2.45, 2.75) is 47.9 Å². The van der Waals surface area contributed by atoms with Crippen molar-refractivity contribution in [1.29, 1.82) is 0 Å². The van der Waals surface area contributed by atoms with Crippen LogP contribution in [0.2, 0.25) is 0 Å². The molecular weight excluding hydrogens is 421 g/mol. The smallest absolute Gasteiger partial charge is 0.268 e. The van der Waals surface area contributed by atoms with Crippen LogP contribution < -0.4 is 4.90 Å². The van der Waals surface area contributed by atoms with Crippen molar-refractivity contribution < 1.29 is 13.2 Å². The fraction of sp³-hybridized carbons (Fsp3) is 0.632. The summed E-state index contributed by atoms with van der Waals surface area (Å²) in [6.45, 7) is 8.26. The molecule has 1 aromatic carbocycles. The van der Waals surface area contributed by atoms with Crippen LogP contribution in [0.15, 0.2) is 17.0 Å². The highest BCUT2D eigenvalue weighted by molar-refractivity contribution is 7.89. The van der Waals surface area contributed by atoms with E-state index in [4.69, 9.17) is 23.2 Å². The van der Waals surface area contributed by atoms with Gasteiger partial charge in [0.1, 0.15) is 0 Å². The molecule has 0 N–H and O–H groups in total. The molecule has 0 spiro atoms. The number of alkyl halides is 2.